The summed E-state index contributed by atoms with van der Waals surface area (Å²) >= 11 is 9.78. The molecule has 29 heavy (non-hydrogen) atoms. The molecule has 0 aliphatic heterocycles. The number of methoxy groups -OCH3 is 1. The van der Waals surface area contributed by atoms with E-state index < -0.39 is 7.14 Å². The van der Waals surface area contributed by atoms with Gasteiger partial charge in [0.2, 0.25) is 5.95 Å². The van der Waals surface area contributed by atoms with Crippen LogP contribution in [0.5, 0.6) is 5.75 Å². The van der Waals surface area contributed by atoms with E-state index in [0.29, 0.717) is 40.1 Å². The molecule has 0 amide bonds. The van der Waals surface area contributed by atoms with Crippen LogP contribution in [0.2, 0.25) is 5.02 Å². The van der Waals surface area contributed by atoms with Crippen LogP contribution in [0.3, 0.4) is 0 Å². The topological polar surface area (TPSA) is 76.1 Å². The lowest BCUT2D eigenvalue weighted by molar-refractivity contribution is 0.414. The first-order valence-electron chi connectivity index (χ1n) is 8.91. The van der Waals surface area contributed by atoms with Crippen LogP contribution in [0.15, 0.2) is 53.1 Å². The molecule has 1 unspecified atom stereocenters. The summed E-state index contributed by atoms with van der Waals surface area (Å²) < 4.78 is 19.2. The SMILES string of the molecule is CCP(C)(=O)c1ccccc1Nc1nc(Nc2cccc(Br)c2OC)ncc1Cl. The minimum atomic E-state index is -2.48. The quantitative estimate of drug-likeness (QED) is 0.390. The van der Waals surface area contributed by atoms with Gasteiger partial charge in [0.25, 0.3) is 0 Å². The third-order valence-electron chi connectivity index (χ3n) is 4.43. The number of halogens is 2. The van der Waals surface area contributed by atoms with E-state index in [4.69, 9.17) is 16.3 Å². The number of benzene rings is 2. The van der Waals surface area contributed by atoms with Crippen LogP contribution in [0, 0.1) is 0 Å². The largest absolute Gasteiger partial charge is 0.493 e. The van der Waals surface area contributed by atoms with Crippen molar-refractivity contribution < 1.29 is 9.30 Å². The van der Waals surface area contributed by atoms with Gasteiger partial charge in [-0.25, -0.2) is 4.98 Å². The van der Waals surface area contributed by atoms with E-state index in [0.717, 1.165) is 9.78 Å². The highest BCUT2D eigenvalue weighted by molar-refractivity contribution is 9.10. The van der Waals surface area contributed by atoms with Crippen molar-refractivity contribution in [2.45, 2.75) is 6.92 Å². The van der Waals surface area contributed by atoms with Crippen LogP contribution in [-0.4, -0.2) is 29.9 Å². The summed E-state index contributed by atoms with van der Waals surface area (Å²) in [5, 5.41) is 7.47. The second-order valence-electron chi connectivity index (χ2n) is 6.40. The number of hydrogen-bond acceptors (Lipinski definition) is 6. The Morgan fingerprint density at radius 2 is 1.86 bits per heavy atom. The second-order valence-corrected chi connectivity index (χ2v) is 11.0. The van der Waals surface area contributed by atoms with Gasteiger partial charge < -0.3 is 19.9 Å². The lowest BCUT2D eigenvalue weighted by atomic mass is 10.3. The Bertz CT molecular complexity index is 1080. The molecule has 1 atom stereocenters. The zero-order valence-corrected chi connectivity index (χ0v) is 19.5. The first-order chi connectivity index (χ1) is 13.9. The molecule has 6 nitrogen and oxygen atoms in total. The molecule has 0 aliphatic rings. The normalized spacial score (nSPS) is 12.9. The summed E-state index contributed by atoms with van der Waals surface area (Å²) in [4.78, 5) is 8.74. The van der Waals surface area contributed by atoms with Gasteiger partial charge in [-0.2, -0.15) is 4.98 Å². The monoisotopic (exact) mass is 494 g/mol. The molecule has 3 rings (SSSR count). The Balaban J connectivity index is 1.94. The maximum atomic E-state index is 13.0. The van der Waals surface area contributed by atoms with Crippen molar-refractivity contribution in [3.05, 3.63) is 58.2 Å². The van der Waals surface area contributed by atoms with E-state index in [1.54, 1.807) is 13.8 Å². The Morgan fingerprint density at radius 3 is 2.59 bits per heavy atom. The van der Waals surface area contributed by atoms with Gasteiger partial charge in [-0.15, -0.1) is 0 Å². The smallest absolute Gasteiger partial charge is 0.229 e. The lowest BCUT2D eigenvalue weighted by Crippen LogP contribution is -2.12. The summed E-state index contributed by atoms with van der Waals surface area (Å²) in [7, 11) is -0.893. The lowest BCUT2D eigenvalue weighted by Gasteiger charge is -2.17. The Kier molecular flexibility index (Phi) is 6.83. The molecule has 0 radical (unpaired) electrons. The molecule has 0 fully saturated rings. The zero-order chi connectivity index (χ0) is 21.0. The Morgan fingerprint density at radius 1 is 1.14 bits per heavy atom. The van der Waals surface area contributed by atoms with Crippen molar-refractivity contribution in [1.82, 2.24) is 9.97 Å². The molecular formula is C20H21BrClN4O2P. The molecule has 0 bridgehead atoms. The van der Waals surface area contributed by atoms with Gasteiger partial charge in [-0.3, -0.25) is 0 Å². The van der Waals surface area contributed by atoms with Crippen LogP contribution >= 0.6 is 34.7 Å². The van der Waals surface area contributed by atoms with Crippen molar-refractivity contribution >= 4 is 63.1 Å². The van der Waals surface area contributed by atoms with Crippen LogP contribution in [0.4, 0.5) is 23.1 Å². The number of ether oxygens (including phenoxy) is 1. The third-order valence-corrected chi connectivity index (χ3v) is 7.95. The highest BCUT2D eigenvalue weighted by Gasteiger charge is 2.20. The van der Waals surface area contributed by atoms with Crippen molar-refractivity contribution in [2.24, 2.45) is 0 Å². The highest BCUT2D eigenvalue weighted by Crippen LogP contribution is 2.42. The van der Waals surface area contributed by atoms with Crippen molar-refractivity contribution in [1.29, 1.82) is 0 Å². The first kappa shape index (κ1) is 21.6. The average Bonchev–Trinajstić information content (AvgIpc) is 2.71. The van der Waals surface area contributed by atoms with Crippen molar-refractivity contribution in [2.75, 3.05) is 30.6 Å². The molecule has 2 N–H and O–H groups in total. The molecule has 1 heterocycles. The van der Waals surface area contributed by atoms with Crippen LogP contribution in [-0.2, 0) is 4.57 Å². The van der Waals surface area contributed by atoms with Crippen LogP contribution in [0.25, 0.3) is 0 Å². The summed E-state index contributed by atoms with van der Waals surface area (Å²) in [6.07, 6.45) is 2.08. The minimum absolute atomic E-state index is 0.348. The average molecular weight is 496 g/mol. The van der Waals surface area contributed by atoms with E-state index in [9.17, 15) is 4.57 Å². The zero-order valence-electron chi connectivity index (χ0n) is 16.2. The maximum absolute atomic E-state index is 13.0. The van der Waals surface area contributed by atoms with Gasteiger partial charge in [-0.1, -0.05) is 36.7 Å². The van der Waals surface area contributed by atoms with Crippen LogP contribution < -0.4 is 20.7 Å². The van der Waals surface area contributed by atoms with Crippen LogP contribution in [0.1, 0.15) is 6.92 Å². The fraction of sp³-hybridized carbons (Fsp3) is 0.200. The Labute approximate surface area is 183 Å². The molecule has 1 aromatic heterocycles. The predicted octanol–water partition coefficient (Wildman–Crippen LogP) is 6.03. The standard InChI is InChI=1S/C20H21BrClN4O2P/c1-4-29(3,27)17-11-6-5-9-15(17)24-19-14(22)12-23-20(26-19)25-16-10-7-8-13(21)18(16)28-2/h5-12H,4H2,1-3H3,(H2,23,24,25,26). The Hall–Kier alpha value is -2.08. The van der Waals surface area contributed by atoms with Gasteiger partial charge in [0.1, 0.15) is 12.2 Å². The highest BCUT2D eigenvalue weighted by atomic mass is 79.9. The van der Waals surface area contributed by atoms with Gasteiger partial charge in [0.05, 0.1) is 29.2 Å². The third kappa shape index (κ3) is 4.92. The van der Waals surface area contributed by atoms with Gasteiger partial charge in [0, 0.05) is 11.5 Å². The van der Waals surface area contributed by atoms with Gasteiger partial charge >= 0.3 is 0 Å². The summed E-state index contributed by atoms with van der Waals surface area (Å²) in [5.74, 6) is 1.41. The molecule has 2 aromatic carbocycles. The van der Waals surface area contributed by atoms with Gasteiger partial charge in [-0.05, 0) is 46.9 Å². The summed E-state index contributed by atoms with van der Waals surface area (Å²) in [6.45, 7) is 3.70. The molecule has 0 saturated heterocycles. The van der Waals surface area contributed by atoms with Gasteiger partial charge in [0.15, 0.2) is 11.6 Å². The van der Waals surface area contributed by atoms with E-state index in [1.807, 2.05) is 49.4 Å². The predicted molar refractivity (Wildman–Crippen MR) is 124 cm³/mol. The molecule has 3 aromatic rings. The number of anilines is 4. The molecular weight excluding hydrogens is 475 g/mol. The molecule has 0 aliphatic carbocycles. The second kappa shape index (κ2) is 9.16. The maximum Gasteiger partial charge on any atom is 0.229 e. The molecule has 0 saturated carbocycles. The number of hydrogen-bond donors (Lipinski definition) is 2. The molecule has 0 spiro atoms. The minimum Gasteiger partial charge on any atom is -0.493 e. The van der Waals surface area contributed by atoms with E-state index in [1.165, 1.54) is 6.20 Å². The molecule has 9 heteroatoms. The summed E-state index contributed by atoms with van der Waals surface area (Å²) in [6, 6.07) is 13.1. The number of aromatic nitrogens is 2. The number of rotatable bonds is 7. The number of nitrogens with zero attached hydrogens (tertiary/aromatic N) is 2. The fourth-order valence-corrected chi connectivity index (χ4v) is 4.79. The van der Waals surface area contributed by atoms with Crippen molar-refractivity contribution in [3.63, 3.8) is 0 Å². The van der Waals surface area contributed by atoms with Crippen molar-refractivity contribution in [3.8, 4) is 5.75 Å². The van der Waals surface area contributed by atoms with E-state index in [-0.39, 0.29) is 0 Å². The first-order valence-corrected chi connectivity index (χ1v) is 12.4. The summed E-state index contributed by atoms with van der Waals surface area (Å²) in [5.41, 5.74) is 1.42. The number of para-hydroxylation sites is 2. The fourth-order valence-electron chi connectivity index (χ4n) is 2.74. The molecule has 152 valence electrons. The van der Waals surface area contributed by atoms with E-state index >= 15 is 0 Å². The number of nitrogens with one attached hydrogen (secondary N) is 2. The van der Waals surface area contributed by atoms with E-state index in [2.05, 4.69) is 36.5 Å².